The van der Waals surface area contributed by atoms with Crippen LogP contribution in [0, 0.1) is 0 Å². The lowest BCUT2D eigenvalue weighted by molar-refractivity contribution is -0.137. The molecule has 0 aliphatic heterocycles. The Morgan fingerprint density at radius 2 is 1.33 bits per heavy atom. The molecule has 0 fully saturated rings. The van der Waals surface area contributed by atoms with E-state index in [1.165, 1.54) is 12.1 Å². The Morgan fingerprint density at radius 3 is 1.62 bits per heavy atom. The van der Waals surface area contributed by atoms with Crippen molar-refractivity contribution < 1.29 is 33.1 Å². The Hall–Kier alpha value is -1.25. The molecule has 1 radical (unpaired) electrons. The SMILES string of the molecule is CC(C)(O)C(C)(C)Oc1ccc(C(F)(F)F)cc1.O[B]O. The average molecular weight is 307 g/mol. The van der Waals surface area contributed by atoms with Gasteiger partial charge >= 0.3 is 13.9 Å². The van der Waals surface area contributed by atoms with E-state index in [0.717, 1.165) is 12.1 Å². The zero-order valence-electron chi connectivity index (χ0n) is 12.3. The normalized spacial score (nSPS) is 12.3. The number of ether oxygens (including phenoxy) is 1. The monoisotopic (exact) mass is 307 g/mol. The van der Waals surface area contributed by atoms with Crippen molar-refractivity contribution in [2.45, 2.75) is 45.1 Å². The van der Waals surface area contributed by atoms with Gasteiger partial charge in [-0.15, -0.1) is 0 Å². The highest BCUT2D eigenvalue weighted by atomic mass is 19.4. The molecule has 0 spiro atoms. The average Bonchev–Trinajstić information content (AvgIpc) is 2.27. The van der Waals surface area contributed by atoms with Crippen LogP contribution in [-0.2, 0) is 6.18 Å². The van der Waals surface area contributed by atoms with E-state index >= 15 is 0 Å². The molecule has 4 nitrogen and oxygen atoms in total. The highest BCUT2D eigenvalue weighted by Crippen LogP contribution is 2.32. The van der Waals surface area contributed by atoms with E-state index in [2.05, 4.69) is 0 Å². The number of alkyl halides is 3. The third-order valence-corrected chi connectivity index (χ3v) is 3.03. The quantitative estimate of drug-likeness (QED) is 0.748. The summed E-state index contributed by atoms with van der Waals surface area (Å²) in [5, 5.41) is 23.9. The van der Waals surface area contributed by atoms with Crippen LogP contribution in [0.15, 0.2) is 24.3 Å². The van der Waals surface area contributed by atoms with Crippen LogP contribution in [0.1, 0.15) is 33.3 Å². The van der Waals surface area contributed by atoms with Gasteiger partial charge in [0.15, 0.2) is 0 Å². The van der Waals surface area contributed by atoms with Crippen molar-refractivity contribution >= 4 is 7.69 Å². The largest absolute Gasteiger partial charge is 0.485 e. The molecule has 1 aromatic rings. The summed E-state index contributed by atoms with van der Waals surface area (Å²) >= 11 is 0. The smallest absolute Gasteiger partial charge is 0.482 e. The summed E-state index contributed by atoms with van der Waals surface area (Å²) in [4.78, 5) is 0. The Kier molecular flexibility index (Phi) is 6.73. The number of benzene rings is 1. The van der Waals surface area contributed by atoms with E-state index < -0.39 is 22.9 Å². The molecule has 8 heteroatoms. The zero-order chi connectivity index (χ0) is 16.9. The summed E-state index contributed by atoms with van der Waals surface area (Å²) in [6.07, 6.45) is -4.36. The topological polar surface area (TPSA) is 69.9 Å². The molecule has 0 aliphatic carbocycles. The van der Waals surface area contributed by atoms with Gasteiger partial charge in [-0.05, 0) is 52.0 Å². The maximum Gasteiger partial charge on any atom is 0.482 e. The number of hydrogen-bond donors (Lipinski definition) is 3. The van der Waals surface area contributed by atoms with Crippen LogP contribution in [0.3, 0.4) is 0 Å². The van der Waals surface area contributed by atoms with Crippen LogP contribution in [-0.4, -0.2) is 34.0 Å². The maximum absolute atomic E-state index is 12.4. The summed E-state index contributed by atoms with van der Waals surface area (Å²) in [5.41, 5.74) is -2.75. The van der Waals surface area contributed by atoms with Crippen LogP contribution in [0.25, 0.3) is 0 Å². The Balaban J connectivity index is 0.00000122. The Bertz CT molecular complexity index is 425. The van der Waals surface area contributed by atoms with Crippen LogP contribution in [0.5, 0.6) is 5.75 Å². The second-order valence-corrected chi connectivity index (χ2v) is 5.31. The fourth-order valence-corrected chi connectivity index (χ4v) is 1.13. The first-order valence-electron chi connectivity index (χ1n) is 6.04. The van der Waals surface area contributed by atoms with Crippen LogP contribution in [0.4, 0.5) is 13.2 Å². The van der Waals surface area contributed by atoms with Crippen molar-refractivity contribution in [1.29, 1.82) is 0 Å². The highest BCUT2D eigenvalue weighted by Gasteiger charge is 2.37. The zero-order valence-corrected chi connectivity index (χ0v) is 12.3. The molecule has 0 saturated heterocycles. The molecule has 1 rings (SSSR count). The van der Waals surface area contributed by atoms with Crippen molar-refractivity contribution in [3.05, 3.63) is 29.8 Å². The van der Waals surface area contributed by atoms with Gasteiger partial charge in [-0.1, -0.05) is 0 Å². The lowest BCUT2D eigenvalue weighted by Crippen LogP contribution is -2.49. The molecule has 21 heavy (non-hydrogen) atoms. The molecule has 0 unspecified atom stereocenters. The molecule has 3 N–H and O–H groups in total. The summed E-state index contributed by atoms with van der Waals surface area (Å²) in [5.74, 6) is 0.287. The number of rotatable bonds is 3. The molecule has 0 heterocycles. The summed E-state index contributed by atoms with van der Waals surface area (Å²) < 4.78 is 42.6. The van der Waals surface area contributed by atoms with Gasteiger partial charge < -0.3 is 19.9 Å². The standard InChI is InChI=1S/C13H17F3O2.BH2O2/c1-11(2,17)12(3,4)18-10-7-5-9(6-8-10)13(14,15)16;2-1-3/h5-8,17H,1-4H3;2-3H. The number of halogens is 3. The first-order chi connectivity index (χ1) is 9.35. The van der Waals surface area contributed by atoms with Crippen molar-refractivity contribution in [3.8, 4) is 5.75 Å². The number of hydrogen-bond acceptors (Lipinski definition) is 4. The van der Waals surface area contributed by atoms with E-state index in [1.807, 2.05) is 0 Å². The third-order valence-electron chi connectivity index (χ3n) is 3.03. The van der Waals surface area contributed by atoms with Gasteiger partial charge in [-0.2, -0.15) is 13.2 Å². The number of aliphatic hydroxyl groups is 1. The van der Waals surface area contributed by atoms with Crippen molar-refractivity contribution in [1.82, 2.24) is 0 Å². The van der Waals surface area contributed by atoms with Crippen molar-refractivity contribution in [2.75, 3.05) is 0 Å². The lowest BCUT2D eigenvalue weighted by atomic mass is 9.89. The van der Waals surface area contributed by atoms with Gasteiger partial charge in [-0.25, -0.2) is 0 Å². The Labute approximate surface area is 122 Å². The molecule has 0 amide bonds. The second kappa shape index (κ2) is 7.15. The molecular weight excluding hydrogens is 288 g/mol. The highest BCUT2D eigenvalue weighted by molar-refractivity contribution is 6.13. The molecule has 0 bridgehead atoms. The van der Waals surface area contributed by atoms with E-state index in [9.17, 15) is 18.3 Å². The molecule has 0 saturated carbocycles. The van der Waals surface area contributed by atoms with Gasteiger partial charge in [0.1, 0.15) is 11.4 Å². The first-order valence-corrected chi connectivity index (χ1v) is 6.04. The van der Waals surface area contributed by atoms with Crippen molar-refractivity contribution in [2.24, 2.45) is 0 Å². The van der Waals surface area contributed by atoms with Gasteiger partial charge in [0.05, 0.1) is 11.2 Å². The fraction of sp³-hybridized carbons (Fsp3) is 0.538. The maximum atomic E-state index is 12.4. The predicted octanol–water partition coefficient (Wildman–Crippen LogP) is 2.14. The summed E-state index contributed by atoms with van der Waals surface area (Å²) in [7, 11) is 0. The van der Waals surface area contributed by atoms with Gasteiger partial charge in [0, 0.05) is 0 Å². The molecule has 0 atom stereocenters. The van der Waals surface area contributed by atoms with Crippen LogP contribution >= 0.6 is 0 Å². The minimum absolute atomic E-state index is 0. The van der Waals surface area contributed by atoms with Gasteiger partial charge in [0.25, 0.3) is 0 Å². The Morgan fingerprint density at radius 1 is 0.952 bits per heavy atom. The predicted molar refractivity (Wildman–Crippen MR) is 72.6 cm³/mol. The minimum Gasteiger partial charge on any atom is -0.485 e. The molecule has 0 aliphatic rings. The molecule has 0 aromatic heterocycles. The van der Waals surface area contributed by atoms with E-state index in [0.29, 0.717) is 0 Å². The van der Waals surface area contributed by atoms with Crippen LogP contribution in [0.2, 0.25) is 0 Å². The van der Waals surface area contributed by atoms with E-state index in [-0.39, 0.29) is 13.4 Å². The van der Waals surface area contributed by atoms with E-state index in [4.69, 9.17) is 14.8 Å². The van der Waals surface area contributed by atoms with E-state index in [1.54, 1.807) is 27.7 Å². The third kappa shape index (κ3) is 6.37. The summed E-state index contributed by atoms with van der Waals surface area (Å²) in [6, 6.07) is 4.40. The molecular formula is C13H19BF3O4. The fourth-order valence-electron chi connectivity index (χ4n) is 1.13. The first kappa shape index (κ1) is 19.8. The molecule has 119 valence electrons. The van der Waals surface area contributed by atoms with Crippen LogP contribution < -0.4 is 4.74 Å². The summed E-state index contributed by atoms with van der Waals surface area (Å²) in [6.45, 7) is 6.50. The van der Waals surface area contributed by atoms with Gasteiger partial charge in [-0.3, -0.25) is 0 Å². The molecule has 1 aromatic carbocycles. The minimum atomic E-state index is -4.36. The van der Waals surface area contributed by atoms with Gasteiger partial charge in [0.2, 0.25) is 0 Å². The van der Waals surface area contributed by atoms with Crippen molar-refractivity contribution in [3.63, 3.8) is 0 Å². The second-order valence-electron chi connectivity index (χ2n) is 5.31. The lowest BCUT2D eigenvalue weighted by Gasteiger charge is -2.37.